The summed E-state index contributed by atoms with van der Waals surface area (Å²) in [5.41, 5.74) is 6.56. The van der Waals surface area contributed by atoms with Gasteiger partial charge in [0, 0.05) is 23.1 Å². The number of amides is 1. The molecule has 4 aromatic rings. The maximum absolute atomic E-state index is 12.1. The SMILES string of the molecule is Cc1csc(-c2[nH]c(CNC(=O)CCC(C)C)nc2-c2ccc3ncsc3c2)n1. The Morgan fingerprint density at radius 1 is 1.24 bits per heavy atom. The zero-order chi connectivity index (χ0) is 20.4. The number of aromatic amines is 1. The molecule has 3 heterocycles. The molecule has 8 heteroatoms. The Balaban J connectivity index is 1.63. The largest absolute Gasteiger partial charge is 0.349 e. The quantitative estimate of drug-likeness (QED) is 0.428. The monoisotopic (exact) mass is 425 g/mol. The number of aryl methyl sites for hydroxylation is 1. The molecule has 0 aliphatic rings. The molecule has 2 N–H and O–H groups in total. The summed E-state index contributed by atoms with van der Waals surface area (Å²) in [6.07, 6.45) is 1.42. The molecule has 0 aliphatic heterocycles. The molecule has 0 bridgehead atoms. The fraction of sp³-hybridized carbons (Fsp3) is 0.333. The van der Waals surface area contributed by atoms with Crippen molar-refractivity contribution in [2.75, 3.05) is 0 Å². The van der Waals surface area contributed by atoms with E-state index in [1.54, 1.807) is 22.7 Å². The van der Waals surface area contributed by atoms with E-state index in [1.807, 2.05) is 29.9 Å². The molecule has 0 aliphatic carbocycles. The van der Waals surface area contributed by atoms with Crippen molar-refractivity contribution in [3.63, 3.8) is 0 Å². The van der Waals surface area contributed by atoms with Gasteiger partial charge in [0.05, 0.1) is 28.0 Å². The van der Waals surface area contributed by atoms with Gasteiger partial charge in [-0.2, -0.15) is 0 Å². The highest BCUT2D eigenvalue weighted by Gasteiger charge is 2.18. The molecule has 150 valence electrons. The first-order chi connectivity index (χ1) is 14.0. The van der Waals surface area contributed by atoms with Gasteiger partial charge in [0.15, 0.2) is 0 Å². The van der Waals surface area contributed by atoms with Crippen LogP contribution in [0.25, 0.3) is 32.2 Å². The van der Waals surface area contributed by atoms with Crippen molar-refractivity contribution in [2.24, 2.45) is 5.92 Å². The summed E-state index contributed by atoms with van der Waals surface area (Å²) in [6.45, 7) is 6.59. The average Bonchev–Trinajstić information content (AvgIpc) is 3.42. The number of benzene rings is 1. The van der Waals surface area contributed by atoms with Gasteiger partial charge in [-0.15, -0.1) is 22.7 Å². The Labute approximate surface area is 177 Å². The Hall–Kier alpha value is -2.58. The standard InChI is InChI=1S/C21H23N5OS2/c1-12(2)4-7-18(27)22-9-17-25-19(20(26-17)21-24-13(3)10-28-21)14-5-6-15-16(8-14)29-11-23-15/h5-6,8,10-12H,4,7,9H2,1-3H3,(H,22,27)(H,25,26). The molecule has 0 spiro atoms. The molecule has 1 amide bonds. The predicted octanol–water partition coefficient (Wildman–Crippen LogP) is 5.17. The number of carbonyl (C=O) groups excluding carboxylic acids is 1. The molecule has 0 fully saturated rings. The third-order valence-corrected chi connectivity index (χ3v) is 6.36. The van der Waals surface area contributed by atoms with Crippen LogP contribution in [-0.2, 0) is 11.3 Å². The van der Waals surface area contributed by atoms with E-state index in [2.05, 4.69) is 40.2 Å². The van der Waals surface area contributed by atoms with Crippen molar-refractivity contribution in [2.45, 2.75) is 40.2 Å². The van der Waals surface area contributed by atoms with Crippen LogP contribution >= 0.6 is 22.7 Å². The summed E-state index contributed by atoms with van der Waals surface area (Å²) in [5, 5.41) is 5.89. The summed E-state index contributed by atoms with van der Waals surface area (Å²) in [6, 6.07) is 6.16. The maximum atomic E-state index is 12.1. The van der Waals surface area contributed by atoms with Gasteiger partial charge in [-0.1, -0.05) is 19.9 Å². The van der Waals surface area contributed by atoms with Crippen molar-refractivity contribution in [3.05, 3.63) is 40.6 Å². The van der Waals surface area contributed by atoms with Gasteiger partial charge in [-0.05, 0) is 31.4 Å². The second-order valence-corrected chi connectivity index (χ2v) is 9.19. The lowest BCUT2D eigenvalue weighted by Gasteiger charge is -2.05. The van der Waals surface area contributed by atoms with Crippen molar-refractivity contribution in [3.8, 4) is 22.0 Å². The van der Waals surface area contributed by atoms with Crippen LogP contribution in [0.5, 0.6) is 0 Å². The lowest BCUT2D eigenvalue weighted by Crippen LogP contribution is -2.23. The van der Waals surface area contributed by atoms with E-state index in [4.69, 9.17) is 4.98 Å². The predicted molar refractivity (Wildman–Crippen MR) is 119 cm³/mol. The number of nitrogens with zero attached hydrogens (tertiary/aromatic N) is 3. The van der Waals surface area contributed by atoms with Crippen LogP contribution in [0.15, 0.2) is 29.1 Å². The maximum Gasteiger partial charge on any atom is 0.220 e. The van der Waals surface area contributed by atoms with E-state index in [1.165, 1.54) is 0 Å². The second-order valence-electron chi connectivity index (χ2n) is 7.45. The highest BCUT2D eigenvalue weighted by atomic mass is 32.1. The van der Waals surface area contributed by atoms with E-state index in [0.717, 1.165) is 50.1 Å². The number of aromatic nitrogens is 4. The number of thiazole rings is 2. The first-order valence-corrected chi connectivity index (χ1v) is 11.4. The summed E-state index contributed by atoms with van der Waals surface area (Å²) in [5.74, 6) is 1.29. The lowest BCUT2D eigenvalue weighted by atomic mass is 10.1. The number of fused-ring (bicyclic) bond motifs is 1. The smallest absolute Gasteiger partial charge is 0.220 e. The fourth-order valence-electron chi connectivity index (χ4n) is 3.03. The minimum absolute atomic E-state index is 0.0503. The van der Waals surface area contributed by atoms with Crippen LogP contribution in [0.3, 0.4) is 0 Å². The number of hydrogen-bond donors (Lipinski definition) is 2. The molecule has 6 nitrogen and oxygen atoms in total. The van der Waals surface area contributed by atoms with E-state index < -0.39 is 0 Å². The molecule has 0 radical (unpaired) electrons. The second kappa shape index (κ2) is 8.42. The number of rotatable bonds is 7. The van der Waals surface area contributed by atoms with E-state index >= 15 is 0 Å². The molecule has 4 rings (SSSR count). The van der Waals surface area contributed by atoms with Crippen LogP contribution in [0.1, 0.15) is 38.2 Å². The highest BCUT2D eigenvalue weighted by molar-refractivity contribution is 7.16. The van der Waals surface area contributed by atoms with Gasteiger partial charge in [-0.3, -0.25) is 4.79 Å². The molecule has 3 aromatic heterocycles. The first-order valence-electron chi connectivity index (χ1n) is 9.61. The molecule has 0 saturated carbocycles. The summed E-state index contributed by atoms with van der Waals surface area (Å²) < 4.78 is 1.12. The number of carbonyl (C=O) groups is 1. The van der Waals surface area contributed by atoms with Crippen LogP contribution in [-0.4, -0.2) is 25.8 Å². The molecular weight excluding hydrogens is 402 g/mol. The summed E-state index contributed by atoms with van der Waals surface area (Å²) in [4.78, 5) is 29.3. The van der Waals surface area contributed by atoms with Crippen molar-refractivity contribution in [1.82, 2.24) is 25.3 Å². The minimum atomic E-state index is 0.0503. The molecule has 29 heavy (non-hydrogen) atoms. The Kier molecular flexibility index (Phi) is 5.73. The zero-order valence-corrected chi connectivity index (χ0v) is 18.3. The number of H-pyrrole nitrogens is 1. The van der Waals surface area contributed by atoms with Crippen molar-refractivity contribution in [1.29, 1.82) is 0 Å². The molecule has 1 aromatic carbocycles. The van der Waals surface area contributed by atoms with E-state index in [-0.39, 0.29) is 5.91 Å². The first kappa shape index (κ1) is 19.7. The van der Waals surface area contributed by atoms with Gasteiger partial charge >= 0.3 is 0 Å². The molecule has 0 saturated heterocycles. The van der Waals surface area contributed by atoms with Gasteiger partial charge in [-0.25, -0.2) is 15.0 Å². The van der Waals surface area contributed by atoms with Gasteiger partial charge < -0.3 is 10.3 Å². The normalized spacial score (nSPS) is 11.4. The number of imidazole rings is 1. The fourth-order valence-corrected chi connectivity index (χ4v) is 4.54. The average molecular weight is 426 g/mol. The van der Waals surface area contributed by atoms with Crippen LogP contribution in [0.4, 0.5) is 0 Å². The van der Waals surface area contributed by atoms with Crippen LogP contribution in [0, 0.1) is 12.8 Å². The minimum Gasteiger partial charge on any atom is -0.349 e. The van der Waals surface area contributed by atoms with Crippen molar-refractivity contribution < 1.29 is 4.79 Å². The third kappa shape index (κ3) is 4.54. The topological polar surface area (TPSA) is 83.6 Å². The van der Waals surface area contributed by atoms with Crippen LogP contribution < -0.4 is 5.32 Å². The van der Waals surface area contributed by atoms with Gasteiger partial charge in [0.2, 0.25) is 5.91 Å². The van der Waals surface area contributed by atoms with Gasteiger partial charge in [0.25, 0.3) is 0 Å². The molecule has 0 unspecified atom stereocenters. The summed E-state index contributed by atoms with van der Waals surface area (Å²) >= 11 is 3.20. The van der Waals surface area contributed by atoms with Crippen LogP contribution in [0.2, 0.25) is 0 Å². The lowest BCUT2D eigenvalue weighted by molar-refractivity contribution is -0.121. The van der Waals surface area contributed by atoms with E-state index in [9.17, 15) is 4.79 Å². The van der Waals surface area contributed by atoms with Crippen molar-refractivity contribution >= 4 is 38.8 Å². The Morgan fingerprint density at radius 3 is 2.86 bits per heavy atom. The van der Waals surface area contributed by atoms with Gasteiger partial charge in [0.1, 0.15) is 16.5 Å². The number of hydrogen-bond acceptors (Lipinski definition) is 6. The number of nitrogens with one attached hydrogen (secondary N) is 2. The molecular formula is C21H23N5OS2. The third-order valence-electron chi connectivity index (χ3n) is 4.59. The summed E-state index contributed by atoms with van der Waals surface area (Å²) in [7, 11) is 0. The molecule has 0 atom stereocenters. The Morgan fingerprint density at radius 2 is 2.10 bits per heavy atom. The van der Waals surface area contributed by atoms with E-state index in [0.29, 0.717) is 18.9 Å². The zero-order valence-electron chi connectivity index (χ0n) is 16.7. The Bertz CT molecular complexity index is 1140. The highest BCUT2D eigenvalue weighted by Crippen LogP contribution is 2.34.